The van der Waals surface area contributed by atoms with Crippen LogP contribution in [0.15, 0.2) is 48.7 Å². The van der Waals surface area contributed by atoms with Gasteiger partial charge in [0.05, 0.1) is 32.2 Å². The normalized spacial score (nSPS) is 13.5. The van der Waals surface area contributed by atoms with E-state index in [1.807, 2.05) is 23.1 Å². The minimum absolute atomic E-state index is 0.0160. The second kappa shape index (κ2) is 9.81. The Morgan fingerprint density at radius 2 is 1.76 bits per heavy atom. The van der Waals surface area contributed by atoms with Crippen LogP contribution in [0.25, 0.3) is 16.5 Å². The van der Waals surface area contributed by atoms with Crippen LogP contribution in [0.5, 0.6) is 17.2 Å². The molecule has 1 N–H and O–H groups in total. The summed E-state index contributed by atoms with van der Waals surface area (Å²) in [5, 5.41) is 0.626. The summed E-state index contributed by atoms with van der Waals surface area (Å²) in [6, 6.07) is 12.0. The van der Waals surface area contributed by atoms with E-state index < -0.39 is 0 Å². The molecule has 4 rings (SSSR count). The highest BCUT2D eigenvalue weighted by Gasteiger charge is 2.24. The maximum absolute atomic E-state index is 13.0. The molecule has 1 aromatic heterocycles. The van der Waals surface area contributed by atoms with Crippen LogP contribution in [0.2, 0.25) is 0 Å². The molecule has 1 aliphatic rings. The van der Waals surface area contributed by atoms with Crippen LogP contribution in [0.3, 0.4) is 0 Å². The van der Waals surface area contributed by atoms with E-state index in [1.165, 1.54) is 25.4 Å². The third-order valence-corrected chi connectivity index (χ3v) is 6.04. The Balaban J connectivity index is 1.45. The zero-order valence-electron chi connectivity index (χ0n) is 19.1. The third kappa shape index (κ3) is 4.44. The van der Waals surface area contributed by atoms with Crippen molar-refractivity contribution >= 4 is 28.2 Å². The maximum atomic E-state index is 13.0. The second-order valence-electron chi connectivity index (χ2n) is 7.88. The number of carbonyl (C=O) groups excluding carboxylic acids is 2. The number of carbonyl (C=O) groups is 2. The van der Waals surface area contributed by atoms with Gasteiger partial charge in [-0.15, -0.1) is 0 Å². The van der Waals surface area contributed by atoms with Gasteiger partial charge in [-0.05, 0) is 17.6 Å². The topological polar surface area (TPSA) is 80.9 Å². The summed E-state index contributed by atoms with van der Waals surface area (Å²) in [5.41, 5.74) is 3.63. The number of ketones is 1. The lowest BCUT2D eigenvalue weighted by Crippen LogP contribution is -2.34. The van der Waals surface area contributed by atoms with E-state index in [0.29, 0.717) is 46.8 Å². The van der Waals surface area contributed by atoms with Gasteiger partial charge in [-0.25, -0.2) is 0 Å². The molecule has 2 aromatic carbocycles. The van der Waals surface area contributed by atoms with E-state index >= 15 is 0 Å². The van der Waals surface area contributed by atoms with Gasteiger partial charge in [0.15, 0.2) is 17.3 Å². The van der Waals surface area contributed by atoms with E-state index in [4.69, 9.17) is 14.2 Å². The second-order valence-corrected chi connectivity index (χ2v) is 7.88. The van der Waals surface area contributed by atoms with E-state index in [1.54, 1.807) is 19.4 Å². The molecule has 3 aromatic rings. The number of hydrogen-bond acceptors (Lipinski definition) is 5. The quantitative estimate of drug-likeness (QED) is 0.514. The van der Waals surface area contributed by atoms with Crippen LogP contribution in [-0.2, 0) is 4.79 Å². The van der Waals surface area contributed by atoms with Gasteiger partial charge in [0.25, 0.3) is 0 Å². The zero-order valence-corrected chi connectivity index (χ0v) is 19.1. The van der Waals surface area contributed by atoms with Crippen LogP contribution < -0.4 is 14.2 Å². The van der Waals surface area contributed by atoms with Gasteiger partial charge < -0.3 is 24.1 Å². The Morgan fingerprint density at radius 3 is 2.39 bits per heavy atom. The minimum Gasteiger partial charge on any atom is -0.493 e. The molecule has 0 bridgehead atoms. The Morgan fingerprint density at radius 1 is 1.00 bits per heavy atom. The summed E-state index contributed by atoms with van der Waals surface area (Å²) >= 11 is 0. The van der Waals surface area contributed by atoms with Crippen LogP contribution in [0, 0.1) is 0 Å². The monoisotopic (exact) mass is 448 g/mol. The molecule has 0 saturated heterocycles. The number of nitrogens with zero attached hydrogens (tertiary/aromatic N) is 1. The van der Waals surface area contributed by atoms with Crippen molar-refractivity contribution in [2.45, 2.75) is 19.3 Å². The molecule has 7 heteroatoms. The molecule has 2 heterocycles. The SMILES string of the molecule is COc1cc2[nH]cc(C(=O)CCC(=O)N3CC=C(c4ccccc4)CC3)c2c(OC)c1OC. The first-order valence-electron chi connectivity index (χ1n) is 10.9. The number of benzene rings is 2. The molecule has 1 aliphatic heterocycles. The average molecular weight is 449 g/mol. The molecule has 0 spiro atoms. The summed E-state index contributed by atoms with van der Waals surface area (Å²) < 4.78 is 16.4. The molecule has 7 nitrogen and oxygen atoms in total. The van der Waals surface area contributed by atoms with Crippen molar-refractivity contribution in [3.05, 3.63) is 59.8 Å². The highest BCUT2D eigenvalue weighted by Crippen LogP contribution is 2.44. The number of methoxy groups -OCH3 is 3. The van der Waals surface area contributed by atoms with Crippen LogP contribution in [-0.4, -0.2) is 56.0 Å². The number of rotatable bonds is 8. The first-order chi connectivity index (χ1) is 16.1. The van der Waals surface area contributed by atoms with E-state index in [2.05, 4.69) is 23.2 Å². The molecule has 0 fully saturated rings. The molecule has 0 aliphatic carbocycles. The maximum Gasteiger partial charge on any atom is 0.223 e. The van der Waals surface area contributed by atoms with Crippen molar-refractivity contribution < 1.29 is 23.8 Å². The third-order valence-electron chi connectivity index (χ3n) is 6.04. The standard InChI is InChI=1S/C26H28N2O5/c1-31-22-15-20-24(26(33-3)25(22)32-2)19(16-27-20)21(29)9-10-23(30)28-13-11-18(12-14-28)17-7-5-4-6-8-17/h4-8,11,15-16,27H,9-10,12-14H2,1-3H3. The van der Waals surface area contributed by atoms with Gasteiger partial charge in [-0.3, -0.25) is 9.59 Å². The molecule has 172 valence electrons. The van der Waals surface area contributed by atoms with Gasteiger partial charge in [0.2, 0.25) is 11.7 Å². The minimum atomic E-state index is -0.127. The summed E-state index contributed by atoms with van der Waals surface area (Å²) in [4.78, 5) is 30.7. The van der Waals surface area contributed by atoms with Crippen molar-refractivity contribution in [2.24, 2.45) is 0 Å². The van der Waals surface area contributed by atoms with Gasteiger partial charge in [-0.2, -0.15) is 0 Å². The molecule has 0 saturated carbocycles. The summed E-state index contributed by atoms with van der Waals surface area (Å²) in [6.07, 6.45) is 4.84. The number of amides is 1. The van der Waals surface area contributed by atoms with Crippen molar-refractivity contribution in [1.29, 1.82) is 0 Å². The van der Waals surface area contributed by atoms with Crippen LogP contribution in [0.1, 0.15) is 35.2 Å². The van der Waals surface area contributed by atoms with E-state index in [9.17, 15) is 9.59 Å². The molecular formula is C26H28N2O5. The van der Waals surface area contributed by atoms with Gasteiger partial charge >= 0.3 is 0 Å². The van der Waals surface area contributed by atoms with Crippen molar-refractivity contribution in [1.82, 2.24) is 9.88 Å². The Kier molecular flexibility index (Phi) is 6.68. The van der Waals surface area contributed by atoms with Crippen molar-refractivity contribution in [3.63, 3.8) is 0 Å². The highest BCUT2D eigenvalue weighted by atomic mass is 16.5. The van der Waals surface area contributed by atoms with Crippen LogP contribution >= 0.6 is 0 Å². The molecule has 0 unspecified atom stereocenters. The predicted molar refractivity (Wildman–Crippen MR) is 127 cm³/mol. The first kappa shape index (κ1) is 22.5. The van der Waals surface area contributed by atoms with Crippen LogP contribution in [0.4, 0.5) is 0 Å². The number of aromatic amines is 1. The molecule has 0 atom stereocenters. The number of H-pyrrole nitrogens is 1. The van der Waals surface area contributed by atoms with E-state index in [-0.39, 0.29) is 24.5 Å². The number of nitrogens with one attached hydrogen (secondary N) is 1. The summed E-state index contributed by atoms with van der Waals surface area (Å²) in [7, 11) is 4.59. The predicted octanol–water partition coefficient (Wildman–Crippen LogP) is 4.47. The largest absolute Gasteiger partial charge is 0.493 e. The van der Waals surface area contributed by atoms with E-state index in [0.717, 1.165) is 6.42 Å². The zero-order chi connectivity index (χ0) is 23.4. The molecule has 33 heavy (non-hydrogen) atoms. The molecule has 0 radical (unpaired) electrons. The lowest BCUT2D eigenvalue weighted by atomic mass is 9.99. The summed E-state index contributed by atoms with van der Waals surface area (Å²) in [5.74, 6) is 1.21. The Labute approximate surface area is 192 Å². The first-order valence-corrected chi connectivity index (χ1v) is 10.9. The number of fused-ring (bicyclic) bond motifs is 1. The highest BCUT2D eigenvalue weighted by molar-refractivity contribution is 6.11. The summed E-state index contributed by atoms with van der Waals surface area (Å²) in [6.45, 7) is 1.22. The average Bonchev–Trinajstić information content (AvgIpc) is 3.30. The number of ether oxygens (including phenoxy) is 3. The number of aromatic nitrogens is 1. The van der Waals surface area contributed by atoms with Crippen molar-refractivity contribution in [3.8, 4) is 17.2 Å². The van der Waals surface area contributed by atoms with Gasteiger partial charge in [0, 0.05) is 43.8 Å². The lowest BCUT2D eigenvalue weighted by Gasteiger charge is -2.26. The lowest BCUT2D eigenvalue weighted by molar-refractivity contribution is -0.130. The number of Topliss-reactive ketones (excluding diaryl/α,β-unsaturated/α-hetero) is 1. The Hall–Kier alpha value is -3.74. The fourth-order valence-corrected chi connectivity index (χ4v) is 4.30. The number of hydrogen-bond donors (Lipinski definition) is 1. The molecule has 1 amide bonds. The Bertz CT molecular complexity index is 1200. The molecular weight excluding hydrogens is 420 g/mol. The van der Waals surface area contributed by atoms with Gasteiger partial charge in [0.1, 0.15) is 0 Å². The smallest absolute Gasteiger partial charge is 0.223 e. The van der Waals surface area contributed by atoms with Gasteiger partial charge in [-0.1, -0.05) is 36.4 Å². The fraction of sp³-hybridized carbons (Fsp3) is 0.308. The fourth-order valence-electron chi connectivity index (χ4n) is 4.30. The van der Waals surface area contributed by atoms with Crippen molar-refractivity contribution in [2.75, 3.05) is 34.4 Å².